The Kier molecular flexibility index (Phi) is 3.72. The van der Waals surface area contributed by atoms with Gasteiger partial charge in [0.25, 0.3) is 0 Å². The number of benzene rings is 1. The average Bonchev–Trinajstić information content (AvgIpc) is 2.76. The van der Waals surface area contributed by atoms with Gasteiger partial charge in [-0.2, -0.15) is 5.10 Å². The van der Waals surface area contributed by atoms with Gasteiger partial charge in [-0.05, 0) is 25.1 Å². The second-order valence-electron chi connectivity index (χ2n) is 3.81. The van der Waals surface area contributed by atoms with Gasteiger partial charge in [0.05, 0.1) is 5.69 Å². The van der Waals surface area contributed by atoms with Crippen molar-refractivity contribution in [2.45, 2.75) is 19.5 Å². The first-order chi connectivity index (χ1) is 7.90. The summed E-state index contributed by atoms with van der Waals surface area (Å²) in [6, 6.07) is 12.6. The van der Waals surface area contributed by atoms with Crippen molar-refractivity contribution in [3.63, 3.8) is 0 Å². The second-order valence-corrected chi connectivity index (χ2v) is 3.81. The normalized spacial score (nSPS) is 10.6. The predicted molar refractivity (Wildman–Crippen MR) is 65.1 cm³/mol. The van der Waals surface area contributed by atoms with Crippen LogP contribution in [0.2, 0.25) is 0 Å². The zero-order chi connectivity index (χ0) is 11.2. The van der Waals surface area contributed by atoms with E-state index in [1.807, 2.05) is 19.3 Å². The van der Waals surface area contributed by atoms with E-state index in [1.165, 1.54) is 11.3 Å². The molecule has 0 aliphatic rings. The van der Waals surface area contributed by atoms with Crippen LogP contribution in [0.5, 0.6) is 0 Å². The van der Waals surface area contributed by atoms with Crippen molar-refractivity contribution in [2.24, 2.45) is 0 Å². The summed E-state index contributed by atoms with van der Waals surface area (Å²) in [6.07, 6.45) is 2.89. The molecule has 0 aliphatic heterocycles. The van der Waals surface area contributed by atoms with Crippen molar-refractivity contribution in [3.8, 4) is 0 Å². The third-order valence-electron chi connectivity index (χ3n) is 2.62. The predicted octanol–water partition coefficient (Wildman–Crippen LogP) is 1.85. The van der Waals surface area contributed by atoms with Gasteiger partial charge in [-0.3, -0.25) is 4.68 Å². The lowest BCUT2D eigenvalue weighted by Crippen LogP contribution is -2.13. The maximum atomic E-state index is 4.33. The number of hydrogen-bond donors (Lipinski definition) is 1. The van der Waals surface area contributed by atoms with E-state index in [2.05, 4.69) is 45.4 Å². The molecule has 0 saturated carbocycles. The molecule has 0 aliphatic carbocycles. The molecule has 3 nitrogen and oxygen atoms in total. The molecule has 84 valence electrons. The standard InChI is InChI=1S/C13H17N3/c1-14-11-13-7-9-15-16(13)10-8-12-5-3-2-4-6-12/h2-7,9,14H,8,10-11H2,1H3. The minimum Gasteiger partial charge on any atom is -0.314 e. The Morgan fingerprint density at radius 1 is 1.19 bits per heavy atom. The van der Waals surface area contributed by atoms with E-state index in [4.69, 9.17) is 0 Å². The lowest BCUT2D eigenvalue weighted by atomic mass is 10.1. The Bertz CT molecular complexity index is 420. The zero-order valence-electron chi connectivity index (χ0n) is 9.56. The molecule has 0 spiro atoms. The van der Waals surface area contributed by atoms with Gasteiger partial charge in [0.2, 0.25) is 0 Å². The summed E-state index contributed by atoms with van der Waals surface area (Å²) in [5.74, 6) is 0. The summed E-state index contributed by atoms with van der Waals surface area (Å²) in [4.78, 5) is 0. The topological polar surface area (TPSA) is 29.9 Å². The van der Waals surface area contributed by atoms with Crippen molar-refractivity contribution in [1.82, 2.24) is 15.1 Å². The van der Waals surface area contributed by atoms with Crippen molar-refractivity contribution in [3.05, 3.63) is 53.9 Å². The molecular weight excluding hydrogens is 198 g/mol. The summed E-state index contributed by atoms with van der Waals surface area (Å²) in [6.45, 7) is 1.81. The number of aryl methyl sites for hydroxylation is 2. The fourth-order valence-electron chi connectivity index (χ4n) is 1.77. The minimum atomic E-state index is 0.870. The van der Waals surface area contributed by atoms with E-state index in [0.717, 1.165) is 19.5 Å². The van der Waals surface area contributed by atoms with Crippen LogP contribution in [0.3, 0.4) is 0 Å². The van der Waals surface area contributed by atoms with Crippen LogP contribution in [-0.4, -0.2) is 16.8 Å². The first-order valence-electron chi connectivity index (χ1n) is 5.59. The summed E-state index contributed by atoms with van der Waals surface area (Å²) < 4.78 is 2.06. The summed E-state index contributed by atoms with van der Waals surface area (Å²) in [5, 5.41) is 7.47. The second kappa shape index (κ2) is 5.47. The van der Waals surface area contributed by atoms with Crippen LogP contribution < -0.4 is 5.32 Å². The molecule has 0 atom stereocenters. The lowest BCUT2D eigenvalue weighted by molar-refractivity contribution is 0.571. The van der Waals surface area contributed by atoms with E-state index in [1.54, 1.807) is 0 Å². The van der Waals surface area contributed by atoms with Gasteiger partial charge >= 0.3 is 0 Å². The Morgan fingerprint density at radius 2 is 2.00 bits per heavy atom. The highest BCUT2D eigenvalue weighted by atomic mass is 15.3. The highest BCUT2D eigenvalue weighted by Crippen LogP contribution is 2.04. The Hall–Kier alpha value is -1.61. The van der Waals surface area contributed by atoms with Gasteiger partial charge < -0.3 is 5.32 Å². The molecule has 0 bridgehead atoms. The molecule has 1 aromatic heterocycles. The first kappa shape index (κ1) is 10.9. The Morgan fingerprint density at radius 3 is 2.75 bits per heavy atom. The molecule has 0 unspecified atom stereocenters. The molecule has 0 fully saturated rings. The summed E-state index contributed by atoms with van der Waals surface area (Å²) >= 11 is 0. The molecule has 0 radical (unpaired) electrons. The number of nitrogens with zero attached hydrogens (tertiary/aromatic N) is 2. The van der Waals surface area contributed by atoms with Gasteiger partial charge in [-0.1, -0.05) is 30.3 Å². The third kappa shape index (κ3) is 2.70. The van der Waals surface area contributed by atoms with Crippen LogP contribution >= 0.6 is 0 Å². The van der Waals surface area contributed by atoms with Gasteiger partial charge in [0.1, 0.15) is 0 Å². The number of nitrogens with one attached hydrogen (secondary N) is 1. The monoisotopic (exact) mass is 215 g/mol. The van der Waals surface area contributed by atoms with Crippen LogP contribution in [-0.2, 0) is 19.5 Å². The van der Waals surface area contributed by atoms with Gasteiger partial charge in [0, 0.05) is 19.3 Å². The van der Waals surface area contributed by atoms with Crippen molar-refractivity contribution < 1.29 is 0 Å². The number of rotatable bonds is 5. The van der Waals surface area contributed by atoms with Gasteiger partial charge in [-0.15, -0.1) is 0 Å². The van der Waals surface area contributed by atoms with Crippen molar-refractivity contribution >= 4 is 0 Å². The third-order valence-corrected chi connectivity index (χ3v) is 2.62. The van der Waals surface area contributed by atoms with Crippen molar-refractivity contribution in [2.75, 3.05) is 7.05 Å². The number of hydrogen-bond acceptors (Lipinski definition) is 2. The van der Waals surface area contributed by atoms with Gasteiger partial charge in [-0.25, -0.2) is 0 Å². The maximum absolute atomic E-state index is 4.33. The molecule has 0 saturated heterocycles. The molecule has 16 heavy (non-hydrogen) atoms. The molecule has 2 aromatic rings. The fraction of sp³-hybridized carbons (Fsp3) is 0.308. The zero-order valence-corrected chi connectivity index (χ0v) is 9.56. The van der Waals surface area contributed by atoms with Crippen LogP contribution in [0.1, 0.15) is 11.3 Å². The molecule has 1 N–H and O–H groups in total. The first-order valence-corrected chi connectivity index (χ1v) is 5.59. The van der Waals surface area contributed by atoms with E-state index >= 15 is 0 Å². The highest BCUT2D eigenvalue weighted by Gasteiger charge is 2.01. The molecule has 0 amide bonds. The Labute approximate surface area is 96.1 Å². The molecule has 1 aromatic carbocycles. The molecule has 1 heterocycles. The van der Waals surface area contributed by atoms with Crippen LogP contribution in [0.25, 0.3) is 0 Å². The summed E-state index contributed by atoms with van der Waals surface area (Å²) in [5.41, 5.74) is 2.59. The quantitative estimate of drug-likeness (QED) is 0.825. The minimum absolute atomic E-state index is 0.870. The maximum Gasteiger partial charge on any atom is 0.0522 e. The lowest BCUT2D eigenvalue weighted by Gasteiger charge is -2.07. The fourth-order valence-corrected chi connectivity index (χ4v) is 1.77. The van der Waals surface area contributed by atoms with Crippen LogP contribution in [0.4, 0.5) is 0 Å². The summed E-state index contributed by atoms with van der Waals surface area (Å²) in [7, 11) is 1.95. The van der Waals surface area contributed by atoms with E-state index in [-0.39, 0.29) is 0 Å². The van der Waals surface area contributed by atoms with Gasteiger partial charge in [0.15, 0.2) is 0 Å². The molecule has 2 rings (SSSR count). The van der Waals surface area contributed by atoms with E-state index in [9.17, 15) is 0 Å². The molecule has 3 heteroatoms. The number of aromatic nitrogens is 2. The van der Waals surface area contributed by atoms with Crippen LogP contribution in [0, 0.1) is 0 Å². The van der Waals surface area contributed by atoms with Crippen LogP contribution in [0.15, 0.2) is 42.6 Å². The molecular formula is C13H17N3. The van der Waals surface area contributed by atoms with E-state index < -0.39 is 0 Å². The van der Waals surface area contributed by atoms with Crippen molar-refractivity contribution in [1.29, 1.82) is 0 Å². The Balaban J connectivity index is 1.97. The SMILES string of the molecule is CNCc1ccnn1CCc1ccccc1. The van der Waals surface area contributed by atoms with E-state index in [0.29, 0.717) is 0 Å². The largest absolute Gasteiger partial charge is 0.314 e. The average molecular weight is 215 g/mol. The smallest absolute Gasteiger partial charge is 0.0522 e. The highest BCUT2D eigenvalue weighted by molar-refractivity contribution is 5.14.